The molecule has 0 aromatic heterocycles. The largest absolute Gasteiger partial charge is 0.254 e. The smallest absolute Gasteiger partial charge is 0.163 e. The topological polar surface area (TPSA) is 26.3 Å². The highest BCUT2D eigenvalue weighted by atomic mass is 79.9. The SMILES string of the molecule is O=[S+]1(c2ccccc2)O[C@@H]2[C@@H](Br)[C@H]3C[C@@H]2[C@@H]1C3. The molecule has 0 N–H and O–H groups in total. The minimum absolute atomic E-state index is 0.173. The van der Waals surface area contributed by atoms with E-state index in [1.807, 2.05) is 30.3 Å². The first-order chi connectivity index (χ1) is 8.20. The Bertz CT molecular complexity index is 503. The minimum Gasteiger partial charge on any atom is -0.163 e. The van der Waals surface area contributed by atoms with E-state index in [2.05, 4.69) is 15.9 Å². The van der Waals surface area contributed by atoms with Crippen LogP contribution in [0.4, 0.5) is 0 Å². The first kappa shape index (κ1) is 10.7. The van der Waals surface area contributed by atoms with E-state index in [1.54, 1.807) is 0 Å². The van der Waals surface area contributed by atoms with Crippen molar-refractivity contribution in [2.24, 2.45) is 11.8 Å². The van der Waals surface area contributed by atoms with Gasteiger partial charge in [0.2, 0.25) is 0 Å². The summed E-state index contributed by atoms with van der Waals surface area (Å²) < 4.78 is 19.1. The molecule has 1 heterocycles. The highest BCUT2D eigenvalue weighted by molar-refractivity contribution is 9.09. The fraction of sp³-hybridized carbons (Fsp3) is 0.538. The highest BCUT2D eigenvalue weighted by Crippen LogP contribution is 2.60. The van der Waals surface area contributed by atoms with Crippen LogP contribution in [-0.4, -0.2) is 16.2 Å². The van der Waals surface area contributed by atoms with Crippen LogP contribution < -0.4 is 0 Å². The summed E-state index contributed by atoms with van der Waals surface area (Å²) >= 11 is 3.72. The highest BCUT2D eigenvalue weighted by Gasteiger charge is 2.70. The van der Waals surface area contributed by atoms with Gasteiger partial charge in [0, 0.05) is 17.2 Å². The average Bonchev–Trinajstić information content (AvgIpc) is 2.95. The Labute approximate surface area is 111 Å². The molecule has 1 aromatic rings. The van der Waals surface area contributed by atoms with E-state index in [-0.39, 0.29) is 11.4 Å². The molecule has 17 heavy (non-hydrogen) atoms. The Morgan fingerprint density at radius 1 is 1.24 bits per heavy atom. The van der Waals surface area contributed by atoms with Crippen LogP contribution in [0.5, 0.6) is 0 Å². The molecule has 1 unspecified atom stereocenters. The maximum atomic E-state index is 13.1. The van der Waals surface area contributed by atoms with Gasteiger partial charge in [-0.3, -0.25) is 0 Å². The van der Waals surface area contributed by atoms with E-state index >= 15 is 0 Å². The summed E-state index contributed by atoms with van der Waals surface area (Å²) in [5.74, 6) is 1.18. The molecule has 3 fully saturated rings. The van der Waals surface area contributed by atoms with Crippen molar-refractivity contribution in [1.82, 2.24) is 0 Å². The van der Waals surface area contributed by atoms with E-state index in [1.165, 1.54) is 6.42 Å². The first-order valence-corrected chi connectivity index (χ1v) is 8.57. The van der Waals surface area contributed by atoms with Crippen LogP contribution in [0.1, 0.15) is 12.8 Å². The Morgan fingerprint density at radius 3 is 2.65 bits per heavy atom. The molecule has 0 radical (unpaired) electrons. The number of alkyl halides is 1. The van der Waals surface area contributed by atoms with Crippen LogP contribution in [0.3, 0.4) is 0 Å². The Morgan fingerprint density at radius 2 is 2.00 bits per heavy atom. The van der Waals surface area contributed by atoms with Crippen LogP contribution in [0, 0.1) is 11.8 Å². The quantitative estimate of drug-likeness (QED) is 0.588. The van der Waals surface area contributed by atoms with Crippen molar-refractivity contribution in [2.75, 3.05) is 0 Å². The minimum atomic E-state index is -2.28. The van der Waals surface area contributed by atoms with Gasteiger partial charge in [-0.1, -0.05) is 38.3 Å². The molecule has 2 aliphatic carbocycles. The zero-order valence-corrected chi connectivity index (χ0v) is 11.7. The van der Waals surface area contributed by atoms with E-state index in [0.29, 0.717) is 16.7 Å². The van der Waals surface area contributed by atoms with Crippen molar-refractivity contribution in [3.63, 3.8) is 0 Å². The lowest BCUT2D eigenvalue weighted by Crippen LogP contribution is -2.29. The molecule has 90 valence electrons. The predicted molar refractivity (Wildman–Crippen MR) is 70.3 cm³/mol. The second-order valence-electron chi connectivity index (χ2n) is 5.30. The van der Waals surface area contributed by atoms with Crippen LogP contribution >= 0.6 is 15.9 Å². The lowest BCUT2D eigenvalue weighted by atomic mass is 9.97. The average molecular weight is 314 g/mol. The van der Waals surface area contributed by atoms with Gasteiger partial charge in [0.1, 0.15) is 6.10 Å². The summed E-state index contributed by atoms with van der Waals surface area (Å²) in [6.45, 7) is 0. The first-order valence-electron chi connectivity index (χ1n) is 6.10. The Hall–Kier alpha value is -0.190. The van der Waals surface area contributed by atoms with E-state index in [4.69, 9.17) is 4.18 Å². The fourth-order valence-electron chi connectivity index (χ4n) is 3.74. The molecular formula is C13H14BrO2S+. The van der Waals surface area contributed by atoms with Gasteiger partial charge in [-0.05, 0) is 24.5 Å². The van der Waals surface area contributed by atoms with Crippen molar-refractivity contribution < 1.29 is 8.39 Å². The molecule has 1 aliphatic heterocycles. The third kappa shape index (κ3) is 1.27. The molecular weight excluding hydrogens is 300 g/mol. The normalized spacial score (nSPS) is 51.0. The third-order valence-corrected chi connectivity index (χ3v) is 8.54. The molecule has 0 amide bonds. The molecule has 3 aliphatic rings. The Balaban J connectivity index is 1.81. The molecule has 2 bridgehead atoms. The number of benzene rings is 1. The van der Waals surface area contributed by atoms with Crippen molar-refractivity contribution in [2.45, 2.75) is 33.9 Å². The maximum Gasteiger partial charge on any atom is 0.254 e. The zero-order chi connectivity index (χ0) is 11.6. The Kier molecular flexibility index (Phi) is 2.16. The van der Waals surface area contributed by atoms with Crippen molar-refractivity contribution >= 4 is 26.1 Å². The van der Waals surface area contributed by atoms with Gasteiger partial charge in [-0.25, -0.2) is 0 Å². The number of hydrogen-bond acceptors (Lipinski definition) is 2. The second-order valence-corrected chi connectivity index (χ2v) is 8.71. The van der Waals surface area contributed by atoms with Crippen LogP contribution in [-0.2, 0) is 18.6 Å². The van der Waals surface area contributed by atoms with Gasteiger partial charge >= 0.3 is 0 Å². The molecule has 4 rings (SSSR count). The molecule has 2 saturated carbocycles. The predicted octanol–water partition coefficient (Wildman–Crippen LogP) is 3.03. The van der Waals surface area contributed by atoms with Gasteiger partial charge in [-0.2, -0.15) is 4.18 Å². The number of halogens is 1. The van der Waals surface area contributed by atoms with Crippen molar-refractivity contribution in [3.05, 3.63) is 30.3 Å². The van der Waals surface area contributed by atoms with Gasteiger partial charge < -0.3 is 0 Å². The molecule has 6 atom stereocenters. The van der Waals surface area contributed by atoms with Crippen LogP contribution in [0.15, 0.2) is 35.2 Å². The van der Waals surface area contributed by atoms with E-state index in [9.17, 15) is 4.21 Å². The van der Waals surface area contributed by atoms with Gasteiger partial charge in [-0.15, -0.1) is 0 Å². The van der Waals surface area contributed by atoms with E-state index in [0.717, 1.165) is 11.3 Å². The number of rotatable bonds is 1. The standard InChI is InChI=1S/C13H14BrO2S/c14-12-8-6-10-11(7-8)17(15,16-13(10)12)9-4-2-1-3-5-9/h1-5,8,10-13H,6-7H2/q+1/t8-,10+,11-,12-,13-,17?/m0/s1. The molecule has 1 aromatic carbocycles. The van der Waals surface area contributed by atoms with E-state index < -0.39 is 10.2 Å². The maximum absolute atomic E-state index is 13.1. The summed E-state index contributed by atoms with van der Waals surface area (Å²) in [5.41, 5.74) is 0. The summed E-state index contributed by atoms with van der Waals surface area (Å²) in [6.07, 6.45) is 2.42. The molecule has 2 nitrogen and oxygen atoms in total. The summed E-state index contributed by atoms with van der Waals surface area (Å²) in [7, 11) is -2.28. The zero-order valence-electron chi connectivity index (χ0n) is 9.29. The lowest BCUT2D eigenvalue weighted by Gasteiger charge is -2.15. The summed E-state index contributed by atoms with van der Waals surface area (Å²) in [5, 5.41) is 0.258. The summed E-state index contributed by atoms with van der Waals surface area (Å²) in [6, 6.07) is 9.75. The number of fused-ring (bicyclic) bond motifs is 1. The van der Waals surface area contributed by atoms with Crippen molar-refractivity contribution in [3.8, 4) is 0 Å². The van der Waals surface area contributed by atoms with Crippen molar-refractivity contribution in [1.29, 1.82) is 0 Å². The lowest BCUT2D eigenvalue weighted by molar-refractivity contribution is 0.206. The molecule has 0 spiro atoms. The molecule has 1 saturated heterocycles. The fourth-order valence-corrected chi connectivity index (χ4v) is 7.77. The third-order valence-electron chi connectivity index (χ3n) is 4.50. The van der Waals surface area contributed by atoms with Gasteiger partial charge in [0.25, 0.3) is 10.2 Å². The van der Waals surface area contributed by atoms with Crippen LogP contribution in [0.2, 0.25) is 0 Å². The van der Waals surface area contributed by atoms with Gasteiger partial charge in [0.15, 0.2) is 10.1 Å². The second kappa shape index (κ2) is 3.43. The molecule has 4 heteroatoms. The van der Waals surface area contributed by atoms with Gasteiger partial charge in [0.05, 0.1) is 0 Å². The van der Waals surface area contributed by atoms with Crippen LogP contribution in [0.25, 0.3) is 0 Å². The monoisotopic (exact) mass is 313 g/mol. The summed E-state index contributed by atoms with van der Waals surface area (Å²) in [4.78, 5) is 1.30. The number of hydrogen-bond donors (Lipinski definition) is 0.